The van der Waals surface area contributed by atoms with E-state index in [9.17, 15) is 14.4 Å². The maximum absolute atomic E-state index is 12.5. The third kappa shape index (κ3) is 2.96. The lowest BCUT2D eigenvalue weighted by molar-refractivity contribution is 0.102. The number of hydrogen-bond donors (Lipinski definition) is 2. The molecule has 0 saturated carbocycles. The molecule has 23 heavy (non-hydrogen) atoms. The zero-order valence-electron chi connectivity index (χ0n) is 12.0. The molecule has 2 N–H and O–H groups in total. The minimum atomic E-state index is -0.593. The second-order valence-electron chi connectivity index (χ2n) is 4.80. The maximum Gasteiger partial charge on any atom is 0.333 e. The van der Waals surface area contributed by atoms with Crippen molar-refractivity contribution in [2.45, 2.75) is 0 Å². The van der Waals surface area contributed by atoms with Gasteiger partial charge in [-0.3, -0.25) is 9.59 Å². The number of rotatable bonds is 3. The van der Waals surface area contributed by atoms with Crippen LogP contribution in [0.15, 0.2) is 76.4 Å². The molecular formula is C17H13N3O3. The molecule has 0 aliphatic heterocycles. The highest BCUT2D eigenvalue weighted by Gasteiger charge is 2.12. The Kier molecular flexibility index (Phi) is 3.88. The first-order valence-corrected chi connectivity index (χ1v) is 6.93. The number of H-pyrrole nitrogens is 1. The van der Waals surface area contributed by atoms with E-state index in [-0.39, 0.29) is 5.69 Å². The standard InChI is InChI=1S/C17H13N3O3/c21-15(12-7-3-1-4-8-12)19-14-11-18-17(23)20(16(14)22)13-9-5-2-6-10-13/h1-11H,(H,18,23)(H,19,21). The first-order chi connectivity index (χ1) is 11.2. The fourth-order valence-electron chi connectivity index (χ4n) is 2.16. The summed E-state index contributed by atoms with van der Waals surface area (Å²) >= 11 is 0. The van der Waals surface area contributed by atoms with E-state index in [1.165, 1.54) is 6.20 Å². The second-order valence-corrected chi connectivity index (χ2v) is 4.80. The third-order valence-corrected chi connectivity index (χ3v) is 3.28. The molecule has 1 amide bonds. The van der Waals surface area contributed by atoms with E-state index in [1.54, 1.807) is 60.7 Å². The Morgan fingerprint density at radius 3 is 2.17 bits per heavy atom. The van der Waals surface area contributed by atoms with Crippen molar-refractivity contribution in [1.29, 1.82) is 0 Å². The number of benzene rings is 2. The summed E-state index contributed by atoms with van der Waals surface area (Å²) in [5.41, 5.74) is -0.315. The van der Waals surface area contributed by atoms with Gasteiger partial charge in [0.1, 0.15) is 5.69 Å². The van der Waals surface area contributed by atoms with E-state index in [2.05, 4.69) is 10.3 Å². The van der Waals surface area contributed by atoms with Crippen LogP contribution < -0.4 is 16.6 Å². The lowest BCUT2D eigenvalue weighted by atomic mass is 10.2. The van der Waals surface area contributed by atoms with Gasteiger partial charge in [-0.15, -0.1) is 0 Å². The number of nitrogens with zero attached hydrogens (tertiary/aromatic N) is 1. The summed E-state index contributed by atoms with van der Waals surface area (Å²) in [6, 6.07) is 17.0. The molecule has 0 fully saturated rings. The normalized spacial score (nSPS) is 10.3. The zero-order chi connectivity index (χ0) is 16.2. The topological polar surface area (TPSA) is 84.0 Å². The first kappa shape index (κ1) is 14.5. The second kappa shape index (κ2) is 6.15. The van der Waals surface area contributed by atoms with Gasteiger partial charge >= 0.3 is 5.69 Å². The van der Waals surface area contributed by atoms with E-state index in [0.717, 1.165) is 4.57 Å². The lowest BCUT2D eigenvalue weighted by Gasteiger charge is -2.08. The van der Waals surface area contributed by atoms with Crippen LogP contribution in [0.4, 0.5) is 5.69 Å². The Morgan fingerprint density at radius 1 is 0.913 bits per heavy atom. The highest BCUT2D eigenvalue weighted by Crippen LogP contribution is 2.05. The molecule has 6 nitrogen and oxygen atoms in total. The predicted octanol–water partition coefficient (Wildman–Crippen LogP) is 1.78. The third-order valence-electron chi connectivity index (χ3n) is 3.28. The molecule has 3 rings (SSSR count). The molecule has 1 heterocycles. The molecule has 2 aromatic carbocycles. The molecule has 0 aliphatic rings. The van der Waals surface area contributed by atoms with Gasteiger partial charge in [-0.25, -0.2) is 9.36 Å². The van der Waals surface area contributed by atoms with E-state index in [4.69, 9.17) is 0 Å². The summed E-state index contributed by atoms with van der Waals surface area (Å²) < 4.78 is 0.973. The molecular weight excluding hydrogens is 294 g/mol. The maximum atomic E-state index is 12.5. The van der Waals surface area contributed by atoms with E-state index in [0.29, 0.717) is 11.3 Å². The van der Waals surface area contributed by atoms with Crippen LogP contribution in [0.2, 0.25) is 0 Å². The summed E-state index contributed by atoms with van der Waals surface area (Å²) in [5.74, 6) is -0.422. The summed E-state index contributed by atoms with van der Waals surface area (Å²) in [6.07, 6.45) is 1.20. The number of nitrogens with one attached hydrogen (secondary N) is 2. The highest BCUT2D eigenvalue weighted by atomic mass is 16.2. The van der Waals surface area contributed by atoms with Crippen molar-refractivity contribution in [2.24, 2.45) is 0 Å². The van der Waals surface area contributed by atoms with Gasteiger partial charge in [0.25, 0.3) is 11.5 Å². The van der Waals surface area contributed by atoms with Crippen LogP contribution in [-0.2, 0) is 0 Å². The number of aromatic nitrogens is 2. The summed E-state index contributed by atoms with van der Waals surface area (Å²) in [7, 11) is 0. The molecule has 0 saturated heterocycles. The summed E-state index contributed by atoms with van der Waals surface area (Å²) in [6.45, 7) is 0. The van der Waals surface area contributed by atoms with Gasteiger partial charge < -0.3 is 10.3 Å². The predicted molar refractivity (Wildman–Crippen MR) is 87.1 cm³/mol. The van der Waals surface area contributed by atoms with Gasteiger partial charge in [0, 0.05) is 11.8 Å². The van der Waals surface area contributed by atoms with Crippen LogP contribution in [0.3, 0.4) is 0 Å². The average Bonchev–Trinajstić information content (AvgIpc) is 2.59. The van der Waals surface area contributed by atoms with E-state index < -0.39 is 17.2 Å². The van der Waals surface area contributed by atoms with Crippen LogP contribution >= 0.6 is 0 Å². The Labute approximate surface area is 131 Å². The minimum absolute atomic E-state index is 0.00214. The van der Waals surface area contributed by atoms with Gasteiger partial charge in [0.2, 0.25) is 0 Å². The van der Waals surface area contributed by atoms with Crippen LogP contribution in [0.5, 0.6) is 0 Å². The average molecular weight is 307 g/mol. The Morgan fingerprint density at radius 2 is 1.52 bits per heavy atom. The Hall–Kier alpha value is -3.41. The van der Waals surface area contributed by atoms with Crippen molar-refractivity contribution in [3.8, 4) is 5.69 Å². The van der Waals surface area contributed by atoms with Crippen LogP contribution in [0, 0.1) is 0 Å². The molecule has 0 spiro atoms. The molecule has 6 heteroatoms. The summed E-state index contributed by atoms with van der Waals surface area (Å²) in [4.78, 5) is 39.0. The van der Waals surface area contributed by atoms with Gasteiger partial charge in [-0.05, 0) is 24.3 Å². The van der Waals surface area contributed by atoms with E-state index >= 15 is 0 Å². The summed E-state index contributed by atoms with van der Waals surface area (Å²) in [5, 5.41) is 2.52. The molecule has 0 unspecified atom stereocenters. The molecule has 3 aromatic rings. The van der Waals surface area contributed by atoms with Crippen molar-refractivity contribution >= 4 is 11.6 Å². The molecule has 0 radical (unpaired) electrons. The highest BCUT2D eigenvalue weighted by molar-refractivity contribution is 6.04. The SMILES string of the molecule is O=C(Nc1c[nH]c(=O)n(-c2ccccc2)c1=O)c1ccccc1. The van der Waals surface area contributed by atoms with Crippen molar-refractivity contribution < 1.29 is 4.79 Å². The van der Waals surface area contributed by atoms with Crippen LogP contribution in [-0.4, -0.2) is 15.5 Å². The Bertz CT molecular complexity index is 944. The fraction of sp³-hybridized carbons (Fsp3) is 0. The first-order valence-electron chi connectivity index (χ1n) is 6.93. The number of hydrogen-bond acceptors (Lipinski definition) is 3. The quantitative estimate of drug-likeness (QED) is 0.773. The Balaban J connectivity index is 2.01. The number of carbonyl (C=O) groups is 1. The molecule has 0 atom stereocenters. The fourth-order valence-corrected chi connectivity index (χ4v) is 2.16. The van der Waals surface area contributed by atoms with Crippen LogP contribution in [0.1, 0.15) is 10.4 Å². The number of aromatic amines is 1. The van der Waals surface area contributed by atoms with Gasteiger partial charge in [0.15, 0.2) is 0 Å². The van der Waals surface area contributed by atoms with Gasteiger partial charge in [-0.2, -0.15) is 0 Å². The number of amides is 1. The molecule has 0 aliphatic carbocycles. The van der Waals surface area contributed by atoms with Crippen molar-refractivity contribution in [3.05, 3.63) is 93.3 Å². The molecule has 114 valence electrons. The van der Waals surface area contributed by atoms with Gasteiger partial charge in [-0.1, -0.05) is 36.4 Å². The van der Waals surface area contributed by atoms with Crippen molar-refractivity contribution in [3.63, 3.8) is 0 Å². The lowest BCUT2D eigenvalue weighted by Crippen LogP contribution is -2.35. The molecule has 1 aromatic heterocycles. The number of anilines is 1. The smallest absolute Gasteiger partial charge is 0.316 e. The largest absolute Gasteiger partial charge is 0.333 e. The minimum Gasteiger partial charge on any atom is -0.316 e. The monoisotopic (exact) mass is 307 g/mol. The number of carbonyl (C=O) groups excluding carboxylic acids is 1. The zero-order valence-corrected chi connectivity index (χ0v) is 12.0. The van der Waals surface area contributed by atoms with Crippen LogP contribution in [0.25, 0.3) is 5.69 Å². The number of para-hydroxylation sites is 1. The van der Waals surface area contributed by atoms with E-state index in [1.807, 2.05) is 0 Å². The molecule has 0 bridgehead atoms. The van der Waals surface area contributed by atoms with Crippen molar-refractivity contribution in [1.82, 2.24) is 9.55 Å². The van der Waals surface area contributed by atoms with Gasteiger partial charge in [0.05, 0.1) is 5.69 Å². The van der Waals surface area contributed by atoms with Crippen molar-refractivity contribution in [2.75, 3.05) is 5.32 Å².